The predicted molar refractivity (Wildman–Crippen MR) is 111 cm³/mol. The molecule has 1 amide bonds. The van der Waals surface area contributed by atoms with Gasteiger partial charge in [-0.1, -0.05) is 12.1 Å². The number of ether oxygens (including phenoxy) is 1. The Bertz CT molecular complexity index is 883. The van der Waals surface area contributed by atoms with Crippen LogP contribution in [0, 0.1) is 0 Å². The lowest BCUT2D eigenvalue weighted by Crippen LogP contribution is -2.40. The number of rotatable bonds is 8. The molecule has 0 radical (unpaired) electrons. The molecule has 0 aliphatic rings. The minimum absolute atomic E-state index is 0.102. The van der Waals surface area contributed by atoms with E-state index in [9.17, 15) is 13.2 Å². The molecule has 6 nitrogen and oxygen atoms in total. The molecule has 2 aromatic rings. The van der Waals surface area contributed by atoms with Gasteiger partial charge in [-0.2, -0.15) is 0 Å². The van der Waals surface area contributed by atoms with Gasteiger partial charge in [0.05, 0.1) is 11.5 Å². The van der Waals surface area contributed by atoms with Crippen molar-refractivity contribution in [3.8, 4) is 5.75 Å². The average molecular weight is 405 g/mol. The van der Waals surface area contributed by atoms with E-state index in [0.29, 0.717) is 25.1 Å². The standard InChI is InChI=1S/C21H28N2O4S/c1-5-27-18-11-9-17(10-12-18)22-20(24)15-8-16-6-13-19(14-7-16)28(25,26)23-21(2,3)4/h6-7,9-14,23H,5,8,15H2,1-4H3,(H,22,24). The summed E-state index contributed by atoms with van der Waals surface area (Å²) in [7, 11) is -3.55. The first-order chi connectivity index (χ1) is 13.1. The summed E-state index contributed by atoms with van der Waals surface area (Å²) in [4.78, 5) is 12.3. The molecular weight excluding hydrogens is 376 g/mol. The van der Waals surface area contributed by atoms with E-state index in [1.54, 1.807) is 57.2 Å². The van der Waals surface area contributed by atoms with Crippen LogP contribution in [0.25, 0.3) is 0 Å². The Kier molecular flexibility index (Phi) is 7.21. The molecular formula is C21H28N2O4S. The minimum atomic E-state index is -3.55. The monoisotopic (exact) mass is 404 g/mol. The highest BCUT2D eigenvalue weighted by Gasteiger charge is 2.21. The Labute approximate surface area is 167 Å². The van der Waals surface area contributed by atoms with Gasteiger partial charge in [0.2, 0.25) is 15.9 Å². The highest BCUT2D eigenvalue weighted by Crippen LogP contribution is 2.17. The van der Waals surface area contributed by atoms with Gasteiger partial charge >= 0.3 is 0 Å². The van der Waals surface area contributed by atoms with Crippen molar-refractivity contribution >= 4 is 21.6 Å². The third kappa shape index (κ3) is 6.98. The smallest absolute Gasteiger partial charge is 0.241 e. The molecule has 7 heteroatoms. The lowest BCUT2D eigenvalue weighted by molar-refractivity contribution is -0.116. The van der Waals surface area contributed by atoms with Gasteiger partial charge in [-0.05, 0) is 76.1 Å². The number of hydrogen-bond acceptors (Lipinski definition) is 4. The summed E-state index contributed by atoms with van der Waals surface area (Å²) in [5.41, 5.74) is 1.07. The van der Waals surface area contributed by atoms with Gasteiger partial charge in [0.25, 0.3) is 0 Å². The Morgan fingerprint density at radius 1 is 1.00 bits per heavy atom. The summed E-state index contributed by atoms with van der Waals surface area (Å²) in [6.07, 6.45) is 0.829. The van der Waals surface area contributed by atoms with Crippen molar-refractivity contribution in [3.63, 3.8) is 0 Å². The van der Waals surface area contributed by atoms with Gasteiger partial charge in [0.15, 0.2) is 0 Å². The zero-order valence-electron chi connectivity index (χ0n) is 16.8. The molecule has 0 saturated heterocycles. The fraction of sp³-hybridized carbons (Fsp3) is 0.381. The quantitative estimate of drug-likeness (QED) is 0.702. The molecule has 0 aliphatic carbocycles. The summed E-state index contributed by atoms with van der Waals surface area (Å²) in [5, 5.41) is 2.84. The van der Waals surface area contributed by atoms with E-state index in [-0.39, 0.29) is 10.8 Å². The highest BCUT2D eigenvalue weighted by atomic mass is 32.2. The second kappa shape index (κ2) is 9.21. The van der Waals surface area contributed by atoms with E-state index in [2.05, 4.69) is 10.0 Å². The fourth-order valence-corrected chi connectivity index (χ4v) is 4.00. The molecule has 0 aromatic heterocycles. The predicted octanol–water partition coefficient (Wildman–Crippen LogP) is 3.73. The third-order valence-electron chi connectivity index (χ3n) is 3.76. The SMILES string of the molecule is CCOc1ccc(NC(=O)CCc2ccc(S(=O)(=O)NC(C)(C)C)cc2)cc1. The Morgan fingerprint density at radius 3 is 2.14 bits per heavy atom. The first-order valence-corrected chi connectivity index (χ1v) is 10.7. The van der Waals surface area contributed by atoms with Crippen molar-refractivity contribution in [2.75, 3.05) is 11.9 Å². The van der Waals surface area contributed by atoms with E-state index < -0.39 is 15.6 Å². The van der Waals surface area contributed by atoms with E-state index in [4.69, 9.17) is 4.74 Å². The van der Waals surface area contributed by atoms with Crippen LogP contribution in [0.4, 0.5) is 5.69 Å². The lowest BCUT2D eigenvalue weighted by Gasteiger charge is -2.20. The van der Waals surface area contributed by atoms with Crippen molar-refractivity contribution in [2.24, 2.45) is 0 Å². The number of nitrogens with one attached hydrogen (secondary N) is 2. The zero-order chi connectivity index (χ0) is 20.8. The van der Waals surface area contributed by atoms with Crippen LogP contribution in [0.1, 0.15) is 39.7 Å². The molecule has 0 saturated carbocycles. The molecule has 2 rings (SSSR count). The van der Waals surface area contributed by atoms with Crippen LogP contribution in [0.3, 0.4) is 0 Å². The summed E-state index contributed by atoms with van der Waals surface area (Å²) < 4.78 is 32.6. The van der Waals surface area contributed by atoms with E-state index in [0.717, 1.165) is 11.3 Å². The molecule has 2 N–H and O–H groups in total. The second-order valence-corrected chi connectivity index (χ2v) is 9.19. The molecule has 0 bridgehead atoms. The highest BCUT2D eigenvalue weighted by molar-refractivity contribution is 7.89. The van der Waals surface area contributed by atoms with Gasteiger partial charge in [-0.25, -0.2) is 13.1 Å². The van der Waals surface area contributed by atoms with Crippen molar-refractivity contribution < 1.29 is 17.9 Å². The molecule has 2 aromatic carbocycles. The number of carbonyl (C=O) groups is 1. The molecule has 152 valence electrons. The summed E-state index contributed by atoms with van der Waals surface area (Å²) in [6.45, 7) is 7.89. The number of aryl methyl sites for hydroxylation is 1. The minimum Gasteiger partial charge on any atom is -0.494 e. The van der Waals surface area contributed by atoms with Gasteiger partial charge in [0.1, 0.15) is 5.75 Å². The molecule has 28 heavy (non-hydrogen) atoms. The zero-order valence-corrected chi connectivity index (χ0v) is 17.6. The van der Waals surface area contributed by atoms with Gasteiger partial charge in [-0.3, -0.25) is 4.79 Å². The van der Waals surface area contributed by atoms with Crippen molar-refractivity contribution in [1.82, 2.24) is 4.72 Å². The van der Waals surface area contributed by atoms with Gasteiger partial charge in [-0.15, -0.1) is 0 Å². The molecule has 0 atom stereocenters. The Balaban J connectivity index is 1.89. The number of hydrogen-bond donors (Lipinski definition) is 2. The maximum Gasteiger partial charge on any atom is 0.241 e. The fourth-order valence-electron chi connectivity index (χ4n) is 2.58. The normalized spacial score (nSPS) is 11.9. The van der Waals surface area contributed by atoms with E-state index >= 15 is 0 Å². The number of sulfonamides is 1. The molecule has 0 unspecified atom stereocenters. The van der Waals surface area contributed by atoms with Crippen LogP contribution in [-0.2, 0) is 21.2 Å². The van der Waals surface area contributed by atoms with Crippen molar-refractivity contribution in [1.29, 1.82) is 0 Å². The van der Waals surface area contributed by atoms with Crippen molar-refractivity contribution in [3.05, 3.63) is 54.1 Å². The molecule has 0 fully saturated rings. The van der Waals surface area contributed by atoms with Gasteiger partial charge in [0, 0.05) is 17.6 Å². The third-order valence-corrected chi connectivity index (χ3v) is 5.54. The van der Waals surface area contributed by atoms with Crippen LogP contribution in [0.15, 0.2) is 53.4 Å². The Morgan fingerprint density at radius 2 is 1.61 bits per heavy atom. The van der Waals surface area contributed by atoms with Gasteiger partial charge < -0.3 is 10.1 Å². The maximum atomic E-state index is 12.3. The van der Waals surface area contributed by atoms with Crippen molar-refractivity contribution in [2.45, 2.75) is 51.0 Å². The summed E-state index contributed by atoms with van der Waals surface area (Å²) in [6, 6.07) is 13.8. The maximum absolute atomic E-state index is 12.3. The Hall–Kier alpha value is -2.38. The average Bonchev–Trinajstić information content (AvgIpc) is 2.60. The number of anilines is 1. The molecule has 0 aliphatic heterocycles. The van der Waals surface area contributed by atoms with Crippen LogP contribution < -0.4 is 14.8 Å². The number of carbonyl (C=O) groups excluding carboxylic acids is 1. The first-order valence-electron chi connectivity index (χ1n) is 9.25. The topological polar surface area (TPSA) is 84.5 Å². The largest absolute Gasteiger partial charge is 0.494 e. The number of benzene rings is 2. The van der Waals surface area contributed by atoms with Crippen LogP contribution in [0.2, 0.25) is 0 Å². The van der Waals surface area contributed by atoms with Crippen LogP contribution in [-0.4, -0.2) is 26.5 Å². The molecule has 0 heterocycles. The summed E-state index contributed by atoms with van der Waals surface area (Å²) in [5.74, 6) is 0.659. The van der Waals surface area contributed by atoms with Crippen LogP contribution >= 0.6 is 0 Å². The van der Waals surface area contributed by atoms with E-state index in [1.165, 1.54) is 0 Å². The van der Waals surface area contributed by atoms with Crippen LogP contribution in [0.5, 0.6) is 5.75 Å². The first kappa shape index (κ1) is 21.9. The lowest BCUT2D eigenvalue weighted by atomic mass is 10.1. The molecule has 0 spiro atoms. The van der Waals surface area contributed by atoms with E-state index in [1.807, 2.05) is 19.1 Å². The summed E-state index contributed by atoms with van der Waals surface area (Å²) >= 11 is 0. The number of amides is 1. The second-order valence-electron chi connectivity index (χ2n) is 7.51.